The minimum atomic E-state index is -4.18. The predicted molar refractivity (Wildman–Crippen MR) is 47.2 cm³/mol. The molecule has 0 aliphatic carbocycles. The van der Waals surface area contributed by atoms with E-state index in [2.05, 4.69) is 19.1 Å². The molecule has 1 aromatic rings. The second-order valence-electron chi connectivity index (χ2n) is 2.10. The van der Waals surface area contributed by atoms with E-state index in [-0.39, 0.29) is 35.4 Å². The molecule has 0 bridgehead atoms. The van der Waals surface area contributed by atoms with Gasteiger partial charge in [-0.25, -0.2) is 0 Å². The summed E-state index contributed by atoms with van der Waals surface area (Å²) in [6.45, 7) is -3.16. The van der Waals surface area contributed by atoms with Crippen LogP contribution in [0.2, 0.25) is 0 Å². The molecule has 10 heteroatoms. The number of aromatic nitrogens is 2. The molecule has 82 valence electrons. The fourth-order valence-corrected chi connectivity index (χ4v) is 1.25. The van der Waals surface area contributed by atoms with Gasteiger partial charge in [0.25, 0.3) is 5.88 Å². The van der Waals surface area contributed by atoms with Crippen molar-refractivity contribution in [3.8, 4) is 5.88 Å². The zero-order valence-corrected chi connectivity index (χ0v) is 7.50. The van der Waals surface area contributed by atoms with Crippen LogP contribution in [0.5, 0.6) is 5.88 Å². The van der Waals surface area contributed by atoms with E-state index in [0.29, 0.717) is 0 Å². The minimum absolute atomic E-state index is 0. The van der Waals surface area contributed by atoms with Crippen molar-refractivity contribution in [2.75, 3.05) is 5.94 Å². The van der Waals surface area contributed by atoms with E-state index in [4.69, 9.17) is 0 Å². The van der Waals surface area contributed by atoms with E-state index >= 15 is 0 Å². The molecule has 0 spiro atoms. The van der Waals surface area contributed by atoms with Gasteiger partial charge in [0.15, 0.2) is 5.94 Å². The Bertz CT molecular complexity index is 368. The van der Waals surface area contributed by atoms with Crippen LogP contribution in [0.3, 0.4) is 0 Å². The Balaban J connectivity index is 0.00000196. The third kappa shape index (κ3) is 6.05. The molecule has 0 aromatic carbocycles. The zero-order valence-electron chi connectivity index (χ0n) is 6.68. The van der Waals surface area contributed by atoms with Crippen LogP contribution in [0, 0.1) is 0 Å². The normalized spacial score (nSPS) is 11.1. The van der Waals surface area contributed by atoms with Crippen LogP contribution >= 0.6 is 0 Å². The first kappa shape index (κ1) is 14.8. The van der Waals surface area contributed by atoms with E-state index in [1.54, 1.807) is 0 Å². The number of rotatable bonds is 5. The van der Waals surface area contributed by atoms with Gasteiger partial charge in [0.1, 0.15) is 0 Å². The molecular weight excluding hydrogens is 245 g/mol. The Morgan fingerprint density at radius 1 is 1.53 bits per heavy atom. The predicted octanol–water partition coefficient (Wildman–Crippen LogP) is -0.334. The third-order valence-electron chi connectivity index (χ3n) is 1.03. The van der Waals surface area contributed by atoms with E-state index in [0.717, 1.165) is 0 Å². The number of hydrogen-bond acceptors (Lipinski definition) is 5. The molecule has 0 saturated heterocycles. The fraction of sp³-hybridized carbons (Fsp3) is 0.400. The number of aromatic amines is 1. The van der Waals surface area contributed by atoms with Crippen LogP contribution < -0.4 is 4.18 Å². The number of alkyl halides is 2. The van der Waals surface area contributed by atoms with Crippen LogP contribution in [0.1, 0.15) is 0 Å². The van der Waals surface area contributed by atoms with Crippen LogP contribution in [-0.2, 0) is 14.9 Å². The molecule has 1 rings (SSSR count). The Kier molecular flexibility index (Phi) is 6.29. The molecule has 15 heavy (non-hydrogen) atoms. The zero-order chi connectivity index (χ0) is 10.6. The standard InChI is InChI=1S/C5H6F2N2O4S.Na.H/c6-5(7)12-3-14(10,11)13-4-1-2-8-9-4;;/h1-2,5H,3H2,(H,8,9);;. The number of ether oxygens (including phenoxy) is 1. The molecule has 0 aliphatic rings. The van der Waals surface area contributed by atoms with Crippen molar-refractivity contribution in [1.29, 1.82) is 0 Å². The van der Waals surface area contributed by atoms with Crippen LogP contribution in [0.15, 0.2) is 12.3 Å². The van der Waals surface area contributed by atoms with Crippen LogP contribution in [0.4, 0.5) is 8.78 Å². The van der Waals surface area contributed by atoms with Crippen molar-refractivity contribution in [2.24, 2.45) is 0 Å². The van der Waals surface area contributed by atoms with Gasteiger partial charge < -0.3 is 8.92 Å². The van der Waals surface area contributed by atoms with Crippen molar-refractivity contribution in [2.45, 2.75) is 6.61 Å². The molecule has 0 unspecified atom stereocenters. The van der Waals surface area contributed by atoms with Gasteiger partial charge in [0, 0.05) is 12.3 Å². The molecule has 0 atom stereocenters. The molecule has 0 fully saturated rings. The molecule has 1 heterocycles. The summed E-state index contributed by atoms with van der Waals surface area (Å²) in [5.41, 5.74) is 0. The Hall–Kier alpha value is -0.220. The summed E-state index contributed by atoms with van der Waals surface area (Å²) >= 11 is 0. The molecule has 0 aliphatic heterocycles. The van der Waals surface area contributed by atoms with Gasteiger partial charge >= 0.3 is 46.3 Å². The molecule has 0 amide bonds. The average Bonchev–Trinajstić information content (AvgIpc) is 2.53. The van der Waals surface area contributed by atoms with Crippen molar-refractivity contribution in [3.63, 3.8) is 0 Å². The van der Waals surface area contributed by atoms with Gasteiger partial charge in [0.2, 0.25) is 0 Å². The van der Waals surface area contributed by atoms with Gasteiger partial charge in [-0.1, -0.05) is 0 Å². The molecule has 1 aromatic heterocycles. The topological polar surface area (TPSA) is 81.3 Å². The number of H-pyrrole nitrogens is 1. The summed E-state index contributed by atoms with van der Waals surface area (Å²) in [6, 6.07) is 1.22. The van der Waals surface area contributed by atoms with Gasteiger partial charge in [-0.2, -0.15) is 17.2 Å². The van der Waals surface area contributed by atoms with Gasteiger partial charge in [0.05, 0.1) is 0 Å². The summed E-state index contributed by atoms with van der Waals surface area (Å²) in [4.78, 5) is 0. The number of hydrogen-bond donors (Lipinski definition) is 1. The second kappa shape index (κ2) is 6.38. The van der Waals surface area contributed by atoms with Gasteiger partial charge in [-0.05, 0) is 0 Å². The Labute approximate surface area is 106 Å². The van der Waals surface area contributed by atoms with Crippen molar-refractivity contribution < 1.29 is 26.1 Å². The van der Waals surface area contributed by atoms with Crippen molar-refractivity contribution >= 4 is 39.7 Å². The SMILES string of the molecule is O=S(=O)(COC(F)F)Oc1cc[nH]n1.[NaH]. The number of halogens is 2. The fourth-order valence-electron chi connectivity index (χ4n) is 0.582. The Morgan fingerprint density at radius 2 is 2.20 bits per heavy atom. The molecule has 6 nitrogen and oxygen atoms in total. The number of nitrogens with one attached hydrogen (secondary N) is 1. The molecule has 1 N–H and O–H groups in total. The van der Waals surface area contributed by atoms with Gasteiger partial charge in [-0.15, -0.1) is 5.10 Å². The van der Waals surface area contributed by atoms with Crippen LogP contribution in [0.25, 0.3) is 0 Å². The Morgan fingerprint density at radius 3 is 2.67 bits per heavy atom. The van der Waals surface area contributed by atoms with E-state index in [9.17, 15) is 17.2 Å². The summed E-state index contributed by atoms with van der Waals surface area (Å²) in [5.74, 6) is -1.46. The van der Waals surface area contributed by atoms with E-state index < -0.39 is 22.7 Å². The first-order valence-electron chi connectivity index (χ1n) is 3.31. The quantitative estimate of drug-likeness (QED) is 0.573. The summed E-state index contributed by atoms with van der Waals surface area (Å²) < 4.78 is 52.5. The van der Waals surface area contributed by atoms with Gasteiger partial charge in [-0.3, -0.25) is 5.10 Å². The van der Waals surface area contributed by atoms with Crippen molar-refractivity contribution in [3.05, 3.63) is 12.3 Å². The molecule has 0 radical (unpaired) electrons. The average molecular weight is 252 g/mol. The van der Waals surface area contributed by atoms with E-state index in [1.807, 2.05) is 0 Å². The summed E-state index contributed by atoms with van der Waals surface area (Å²) in [5, 5.41) is 5.65. The maximum absolute atomic E-state index is 11.5. The monoisotopic (exact) mass is 252 g/mol. The molecular formula is C5H7F2N2NaO4S. The second-order valence-corrected chi connectivity index (χ2v) is 3.62. The maximum atomic E-state index is 11.5. The first-order chi connectivity index (χ1) is 6.49. The summed E-state index contributed by atoms with van der Waals surface area (Å²) in [6.07, 6.45) is 1.32. The van der Waals surface area contributed by atoms with Crippen LogP contribution in [-0.4, -0.2) is 60.7 Å². The molecule has 0 saturated carbocycles. The summed E-state index contributed by atoms with van der Waals surface area (Å²) in [7, 11) is -4.18. The first-order valence-corrected chi connectivity index (χ1v) is 4.89. The third-order valence-corrected chi connectivity index (χ3v) is 1.88. The number of nitrogens with zero attached hydrogens (tertiary/aromatic N) is 1. The van der Waals surface area contributed by atoms with Crippen molar-refractivity contribution in [1.82, 2.24) is 10.2 Å². The van der Waals surface area contributed by atoms with E-state index in [1.165, 1.54) is 12.3 Å².